The number of carboxylic acids is 4. The number of benzene rings is 2. The molecule has 4 N–H and O–H groups in total. The summed E-state index contributed by atoms with van der Waals surface area (Å²) in [5.74, 6) is -5.95. The smallest absolute Gasteiger partial charge is 0.339 e. The Morgan fingerprint density at radius 1 is 0.679 bits per heavy atom. The molecule has 9 nitrogen and oxygen atoms in total. The van der Waals surface area contributed by atoms with Crippen LogP contribution in [0.2, 0.25) is 0 Å². The molecule has 9 heteroatoms. The summed E-state index contributed by atoms with van der Waals surface area (Å²) in [5, 5.41) is 37.6. The molecule has 0 bridgehead atoms. The molecule has 0 aromatic heterocycles. The van der Waals surface area contributed by atoms with Crippen molar-refractivity contribution in [3.05, 3.63) is 57.6 Å². The van der Waals surface area contributed by atoms with Gasteiger partial charge in [0, 0.05) is 16.5 Å². The van der Waals surface area contributed by atoms with E-state index in [-0.39, 0.29) is 33.8 Å². The lowest BCUT2D eigenvalue weighted by atomic mass is 9.73. The molecule has 1 heterocycles. The van der Waals surface area contributed by atoms with Gasteiger partial charge in [0.05, 0.1) is 11.1 Å². The topological polar surface area (TPSA) is 158 Å². The number of hydrogen-bond acceptors (Lipinski definition) is 5. The van der Waals surface area contributed by atoms with Crippen LogP contribution in [0.1, 0.15) is 66.4 Å². The zero-order valence-electron chi connectivity index (χ0n) is 14.6. The van der Waals surface area contributed by atoms with Gasteiger partial charge in [0.1, 0.15) is 22.6 Å². The normalized spacial score (nSPS) is 13.6. The van der Waals surface area contributed by atoms with Crippen molar-refractivity contribution in [1.82, 2.24) is 0 Å². The lowest BCUT2D eigenvalue weighted by Gasteiger charge is -2.36. The van der Waals surface area contributed by atoms with E-state index in [1.807, 2.05) is 0 Å². The summed E-state index contributed by atoms with van der Waals surface area (Å²) in [6.45, 7) is 3.20. The lowest BCUT2D eigenvalue weighted by molar-refractivity contribution is 0.0677. The van der Waals surface area contributed by atoms with Crippen LogP contribution in [0.4, 0.5) is 0 Å². The SMILES string of the molecule is CC1(C)c2cc(C(=O)O)cc(C(=O)O)c2Oc2c(C(=O)O)cc(C(=O)O)cc21. The van der Waals surface area contributed by atoms with E-state index in [4.69, 9.17) is 4.74 Å². The molecule has 1 aliphatic rings. The minimum atomic E-state index is -1.45. The first-order valence-corrected chi connectivity index (χ1v) is 7.93. The summed E-state index contributed by atoms with van der Waals surface area (Å²) in [6, 6.07) is 4.33. The summed E-state index contributed by atoms with van der Waals surface area (Å²) in [4.78, 5) is 46.2. The van der Waals surface area contributed by atoms with Crippen LogP contribution in [0.15, 0.2) is 24.3 Å². The van der Waals surface area contributed by atoms with Crippen molar-refractivity contribution in [2.75, 3.05) is 0 Å². The van der Waals surface area contributed by atoms with E-state index < -0.39 is 40.4 Å². The molecule has 28 heavy (non-hydrogen) atoms. The number of carboxylic acid groups (broad SMARTS) is 4. The van der Waals surface area contributed by atoms with E-state index in [2.05, 4.69) is 0 Å². The van der Waals surface area contributed by atoms with Crippen LogP contribution in [-0.4, -0.2) is 44.3 Å². The van der Waals surface area contributed by atoms with Gasteiger partial charge in [-0.2, -0.15) is 0 Å². The van der Waals surface area contributed by atoms with E-state index in [9.17, 15) is 39.6 Å². The van der Waals surface area contributed by atoms with E-state index in [1.54, 1.807) is 13.8 Å². The Hall–Kier alpha value is -3.88. The maximum atomic E-state index is 11.7. The average molecular weight is 386 g/mol. The molecule has 0 radical (unpaired) electrons. The van der Waals surface area contributed by atoms with Gasteiger partial charge < -0.3 is 25.2 Å². The molecule has 0 fully saturated rings. The average Bonchev–Trinajstić information content (AvgIpc) is 2.59. The molecule has 0 spiro atoms. The number of rotatable bonds is 4. The molecular formula is C19H14O9. The van der Waals surface area contributed by atoms with Gasteiger partial charge in [-0.3, -0.25) is 0 Å². The zero-order valence-corrected chi connectivity index (χ0v) is 14.6. The Morgan fingerprint density at radius 2 is 1.04 bits per heavy atom. The van der Waals surface area contributed by atoms with Crippen LogP contribution in [0.5, 0.6) is 11.5 Å². The Kier molecular flexibility index (Phi) is 4.11. The molecule has 0 aliphatic carbocycles. The van der Waals surface area contributed by atoms with Gasteiger partial charge in [-0.1, -0.05) is 13.8 Å². The Labute approximate surface area is 157 Å². The molecule has 0 saturated heterocycles. The van der Waals surface area contributed by atoms with Crippen LogP contribution < -0.4 is 4.74 Å². The highest BCUT2D eigenvalue weighted by Gasteiger charge is 2.40. The van der Waals surface area contributed by atoms with Crippen LogP contribution >= 0.6 is 0 Å². The van der Waals surface area contributed by atoms with Crippen molar-refractivity contribution in [3.63, 3.8) is 0 Å². The molecule has 3 rings (SSSR count). The Balaban J connectivity index is 2.41. The highest BCUT2D eigenvalue weighted by atomic mass is 16.5. The molecular weight excluding hydrogens is 372 g/mol. The second kappa shape index (κ2) is 6.08. The van der Waals surface area contributed by atoms with Crippen molar-refractivity contribution < 1.29 is 44.3 Å². The number of fused-ring (bicyclic) bond motifs is 2. The molecule has 2 aromatic carbocycles. The van der Waals surface area contributed by atoms with Crippen molar-refractivity contribution >= 4 is 23.9 Å². The first-order chi connectivity index (χ1) is 12.9. The first kappa shape index (κ1) is 18.9. The second-order valence-corrected chi connectivity index (χ2v) is 6.75. The Morgan fingerprint density at radius 3 is 1.32 bits per heavy atom. The molecule has 0 amide bonds. The summed E-state index contributed by atoms with van der Waals surface area (Å²) >= 11 is 0. The van der Waals surface area contributed by atoms with Gasteiger partial charge >= 0.3 is 23.9 Å². The third kappa shape index (κ3) is 2.73. The van der Waals surface area contributed by atoms with Crippen LogP contribution in [-0.2, 0) is 5.41 Å². The number of ether oxygens (including phenoxy) is 1. The van der Waals surface area contributed by atoms with Gasteiger partial charge in [-0.05, 0) is 24.3 Å². The minimum absolute atomic E-state index is 0.180. The van der Waals surface area contributed by atoms with Gasteiger partial charge in [-0.25, -0.2) is 19.2 Å². The minimum Gasteiger partial charge on any atom is -0.478 e. The fourth-order valence-electron chi connectivity index (χ4n) is 3.22. The Bertz CT molecular complexity index is 996. The summed E-state index contributed by atoms with van der Waals surface area (Å²) < 4.78 is 5.62. The van der Waals surface area contributed by atoms with Crippen molar-refractivity contribution in [2.24, 2.45) is 0 Å². The quantitative estimate of drug-likeness (QED) is 0.619. The number of carbonyl (C=O) groups is 4. The van der Waals surface area contributed by atoms with E-state index in [0.717, 1.165) is 12.1 Å². The third-order valence-corrected chi connectivity index (χ3v) is 4.68. The largest absolute Gasteiger partial charge is 0.478 e. The predicted molar refractivity (Wildman–Crippen MR) is 92.9 cm³/mol. The fourth-order valence-corrected chi connectivity index (χ4v) is 3.22. The van der Waals surface area contributed by atoms with Crippen LogP contribution in [0.3, 0.4) is 0 Å². The van der Waals surface area contributed by atoms with E-state index >= 15 is 0 Å². The van der Waals surface area contributed by atoms with Crippen LogP contribution in [0, 0.1) is 0 Å². The predicted octanol–water partition coefficient (Wildman–Crippen LogP) is 2.91. The van der Waals surface area contributed by atoms with Crippen molar-refractivity contribution in [2.45, 2.75) is 19.3 Å². The number of aromatic carboxylic acids is 4. The standard InChI is InChI=1S/C19H14O9/c1-19(2)11-5-7(15(20)21)3-9(17(24)25)13(11)28-14-10(18(26)27)4-8(16(22)23)6-12(14)19/h3-6H,1-2H3,(H,20,21)(H,22,23)(H,24,25)(H,26,27). The van der Waals surface area contributed by atoms with E-state index in [0.29, 0.717) is 0 Å². The van der Waals surface area contributed by atoms with E-state index in [1.165, 1.54) is 12.1 Å². The summed E-state index contributed by atoms with van der Waals surface area (Å²) in [5.41, 5.74) is -2.20. The third-order valence-electron chi connectivity index (χ3n) is 4.68. The van der Waals surface area contributed by atoms with Gasteiger partial charge in [-0.15, -0.1) is 0 Å². The first-order valence-electron chi connectivity index (χ1n) is 7.93. The van der Waals surface area contributed by atoms with Crippen molar-refractivity contribution in [1.29, 1.82) is 0 Å². The van der Waals surface area contributed by atoms with Crippen LogP contribution in [0.25, 0.3) is 0 Å². The fraction of sp³-hybridized carbons (Fsp3) is 0.158. The summed E-state index contributed by atoms with van der Waals surface area (Å²) in [6.07, 6.45) is 0. The molecule has 0 unspecified atom stereocenters. The highest BCUT2D eigenvalue weighted by molar-refractivity contribution is 6.00. The van der Waals surface area contributed by atoms with Gasteiger partial charge in [0.15, 0.2) is 0 Å². The monoisotopic (exact) mass is 386 g/mol. The molecule has 144 valence electrons. The molecule has 2 aromatic rings. The summed E-state index contributed by atoms with van der Waals surface area (Å²) in [7, 11) is 0. The molecule has 1 aliphatic heterocycles. The maximum absolute atomic E-state index is 11.7. The van der Waals surface area contributed by atoms with Crippen molar-refractivity contribution in [3.8, 4) is 11.5 Å². The molecule has 0 atom stereocenters. The number of hydrogen-bond donors (Lipinski definition) is 4. The van der Waals surface area contributed by atoms with Gasteiger partial charge in [0.2, 0.25) is 0 Å². The lowest BCUT2D eigenvalue weighted by Crippen LogP contribution is -2.28. The maximum Gasteiger partial charge on any atom is 0.339 e. The highest BCUT2D eigenvalue weighted by Crippen LogP contribution is 2.51. The molecule has 0 saturated carbocycles. The second-order valence-electron chi connectivity index (χ2n) is 6.75. The zero-order chi connectivity index (χ0) is 21.0. The van der Waals surface area contributed by atoms with Gasteiger partial charge in [0.25, 0.3) is 0 Å².